The number of fused-ring (bicyclic) bond motifs is 3. The van der Waals surface area contributed by atoms with Crippen molar-refractivity contribution in [2.24, 2.45) is 11.8 Å². The van der Waals surface area contributed by atoms with Crippen molar-refractivity contribution in [1.82, 2.24) is 19.3 Å². The summed E-state index contributed by atoms with van der Waals surface area (Å²) in [4.78, 5) is 4.80. The summed E-state index contributed by atoms with van der Waals surface area (Å²) in [5.41, 5.74) is 9.73. The van der Waals surface area contributed by atoms with Gasteiger partial charge in [-0.05, 0) is 92.5 Å². The normalized spacial score (nSPS) is 18.4. The molecule has 0 amide bonds. The van der Waals surface area contributed by atoms with E-state index in [1.807, 2.05) is 12.3 Å². The monoisotopic (exact) mass is 608 g/mol. The molecular weight excluding hydrogens is 564 g/mol. The summed E-state index contributed by atoms with van der Waals surface area (Å²) >= 11 is 0. The van der Waals surface area contributed by atoms with Crippen LogP contribution in [0.3, 0.4) is 0 Å². The van der Waals surface area contributed by atoms with Crippen molar-refractivity contribution in [2.45, 2.75) is 73.1 Å². The van der Waals surface area contributed by atoms with E-state index < -0.39 is 0 Å². The number of aryl methyl sites for hydroxylation is 1. The van der Waals surface area contributed by atoms with Crippen LogP contribution in [0.5, 0.6) is 11.5 Å². The first-order valence-electron chi connectivity index (χ1n) is 16.8. The number of para-hydroxylation sites is 1. The van der Waals surface area contributed by atoms with Gasteiger partial charge in [-0.15, -0.1) is 0 Å². The van der Waals surface area contributed by atoms with Crippen LogP contribution in [-0.4, -0.2) is 19.3 Å². The SMILES string of the molecule is CCC1=CC(C)C[C@H](C)[C@@H]1c1c(C)nn(-c2cccc(Oc3ccc4c5ccccc5n(-c5cc(C(C)C)ccn5)c4c3)c2)c1C. The van der Waals surface area contributed by atoms with E-state index in [4.69, 9.17) is 14.8 Å². The minimum Gasteiger partial charge on any atom is -0.457 e. The molecule has 6 aromatic rings. The summed E-state index contributed by atoms with van der Waals surface area (Å²) in [6.07, 6.45) is 6.71. The molecule has 7 rings (SSSR count). The van der Waals surface area contributed by atoms with Gasteiger partial charge < -0.3 is 4.74 Å². The molecule has 1 aliphatic rings. The highest BCUT2D eigenvalue weighted by molar-refractivity contribution is 6.09. The average molecular weight is 609 g/mol. The zero-order chi connectivity index (χ0) is 32.1. The molecule has 3 aromatic carbocycles. The molecule has 3 heterocycles. The molecule has 46 heavy (non-hydrogen) atoms. The molecular formula is C41H44N4O. The second-order valence-corrected chi connectivity index (χ2v) is 13.5. The van der Waals surface area contributed by atoms with Gasteiger partial charge >= 0.3 is 0 Å². The van der Waals surface area contributed by atoms with E-state index in [0.29, 0.717) is 23.7 Å². The van der Waals surface area contributed by atoms with Gasteiger partial charge in [0.15, 0.2) is 0 Å². The fourth-order valence-corrected chi connectivity index (χ4v) is 7.78. The summed E-state index contributed by atoms with van der Waals surface area (Å²) in [5, 5.41) is 7.46. The molecule has 0 spiro atoms. The maximum absolute atomic E-state index is 6.57. The Morgan fingerprint density at radius 2 is 1.65 bits per heavy atom. The number of ether oxygens (including phenoxy) is 1. The third-order valence-corrected chi connectivity index (χ3v) is 9.89. The van der Waals surface area contributed by atoms with E-state index in [-0.39, 0.29) is 0 Å². The van der Waals surface area contributed by atoms with Gasteiger partial charge in [-0.25, -0.2) is 9.67 Å². The van der Waals surface area contributed by atoms with Crippen LogP contribution < -0.4 is 4.74 Å². The van der Waals surface area contributed by atoms with Gasteiger partial charge in [-0.1, -0.05) is 70.5 Å². The number of hydrogen-bond donors (Lipinski definition) is 0. The first-order chi connectivity index (χ1) is 22.2. The Bertz CT molecular complexity index is 2100. The molecule has 3 atom stereocenters. The van der Waals surface area contributed by atoms with Crippen LogP contribution in [-0.2, 0) is 0 Å². The molecule has 0 saturated carbocycles. The van der Waals surface area contributed by atoms with Crippen molar-refractivity contribution in [1.29, 1.82) is 0 Å². The number of aromatic nitrogens is 4. The van der Waals surface area contributed by atoms with Crippen molar-refractivity contribution < 1.29 is 4.74 Å². The van der Waals surface area contributed by atoms with Gasteiger partial charge in [0, 0.05) is 46.3 Å². The predicted octanol–water partition coefficient (Wildman–Crippen LogP) is 11.0. The summed E-state index contributed by atoms with van der Waals surface area (Å²) in [6, 6.07) is 27.5. The molecule has 0 aliphatic heterocycles. The summed E-state index contributed by atoms with van der Waals surface area (Å²) in [6.45, 7) is 15.9. The second-order valence-electron chi connectivity index (χ2n) is 13.5. The Kier molecular flexibility index (Phi) is 7.80. The van der Waals surface area contributed by atoms with E-state index in [1.165, 1.54) is 34.0 Å². The number of hydrogen-bond acceptors (Lipinski definition) is 3. The zero-order valence-electron chi connectivity index (χ0n) is 28.1. The standard InChI is InChI=1S/C41H44N4O/c1-8-30-21-26(4)20-27(5)40(30)41-28(6)43-45(29(41)7)32-12-11-13-33(23-32)46-34-16-17-36-35-14-9-10-15-37(35)44(38(36)24-34)39-22-31(25(2)3)18-19-42-39/h9-19,21-27,40H,8,20H2,1-7H3/t26?,27-,40-/m0/s1. The lowest BCUT2D eigenvalue weighted by atomic mass is 9.71. The maximum Gasteiger partial charge on any atom is 0.137 e. The van der Waals surface area contributed by atoms with Crippen molar-refractivity contribution in [3.8, 4) is 23.0 Å². The molecule has 0 radical (unpaired) electrons. The Balaban J connectivity index is 1.26. The van der Waals surface area contributed by atoms with E-state index >= 15 is 0 Å². The fraction of sp³-hybridized carbons (Fsp3) is 0.317. The highest BCUT2D eigenvalue weighted by Gasteiger charge is 2.32. The van der Waals surface area contributed by atoms with Gasteiger partial charge in [-0.3, -0.25) is 4.57 Å². The summed E-state index contributed by atoms with van der Waals surface area (Å²) < 4.78 is 10.9. The van der Waals surface area contributed by atoms with Crippen molar-refractivity contribution in [2.75, 3.05) is 0 Å². The first kappa shape index (κ1) is 30.0. The molecule has 1 aliphatic carbocycles. The van der Waals surface area contributed by atoms with Gasteiger partial charge in [-0.2, -0.15) is 5.10 Å². The number of benzene rings is 3. The highest BCUT2D eigenvalue weighted by atomic mass is 16.5. The minimum absolute atomic E-state index is 0.416. The average Bonchev–Trinajstić information content (AvgIpc) is 3.53. The molecule has 0 bridgehead atoms. The van der Waals surface area contributed by atoms with Gasteiger partial charge in [0.05, 0.1) is 22.4 Å². The lowest BCUT2D eigenvalue weighted by molar-refractivity contribution is 0.384. The quantitative estimate of drug-likeness (QED) is 0.169. The van der Waals surface area contributed by atoms with E-state index in [0.717, 1.165) is 46.2 Å². The Morgan fingerprint density at radius 1 is 0.870 bits per heavy atom. The molecule has 5 nitrogen and oxygen atoms in total. The first-order valence-corrected chi connectivity index (χ1v) is 16.8. The number of rotatable bonds is 7. The van der Waals surface area contributed by atoms with Crippen molar-refractivity contribution >= 4 is 21.8 Å². The van der Waals surface area contributed by atoms with Crippen LogP contribution in [0.15, 0.2) is 96.7 Å². The van der Waals surface area contributed by atoms with Crippen molar-refractivity contribution in [3.63, 3.8) is 0 Å². The third-order valence-electron chi connectivity index (χ3n) is 9.89. The Hall–Kier alpha value is -4.64. The second kappa shape index (κ2) is 11.9. The van der Waals surface area contributed by atoms with E-state index in [9.17, 15) is 0 Å². The smallest absolute Gasteiger partial charge is 0.137 e. The third kappa shape index (κ3) is 5.22. The Morgan fingerprint density at radius 3 is 2.46 bits per heavy atom. The molecule has 0 fully saturated rings. The van der Waals surface area contributed by atoms with Crippen LogP contribution in [0.2, 0.25) is 0 Å². The van der Waals surface area contributed by atoms with Crippen LogP contribution in [0.25, 0.3) is 33.3 Å². The van der Waals surface area contributed by atoms with Gasteiger partial charge in [0.2, 0.25) is 0 Å². The number of allylic oxidation sites excluding steroid dienone is 2. The molecule has 5 heteroatoms. The van der Waals surface area contributed by atoms with Gasteiger partial charge in [0.1, 0.15) is 17.3 Å². The van der Waals surface area contributed by atoms with Crippen LogP contribution in [0.1, 0.15) is 81.8 Å². The number of nitrogens with zero attached hydrogens (tertiary/aromatic N) is 4. The van der Waals surface area contributed by atoms with Crippen molar-refractivity contribution in [3.05, 3.63) is 119 Å². The minimum atomic E-state index is 0.416. The molecule has 0 N–H and O–H groups in total. The summed E-state index contributed by atoms with van der Waals surface area (Å²) in [7, 11) is 0. The lowest BCUT2D eigenvalue weighted by Gasteiger charge is -2.33. The molecule has 3 aromatic heterocycles. The lowest BCUT2D eigenvalue weighted by Crippen LogP contribution is -2.21. The topological polar surface area (TPSA) is 44.9 Å². The largest absolute Gasteiger partial charge is 0.457 e. The highest BCUT2D eigenvalue weighted by Crippen LogP contribution is 2.44. The number of pyridine rings is 1. The van der Waals surface area contributed by atoms with E-state index in [2.05, 4.69) is 137 Å². The predicted molar refractivity (Wildman–Crippen MR) is 190 cm³/mol. The van der Waals surface area contributed by atoms with Crippen LogP contribution >= 0.6 is 0 Å². The van der Waals surface area contributed by atoms with Crippen LogP contribution in [0.4, 0.5) is 0 Å². The molecule has 0 saturated heterocycles. The summed E-state index contributed by atoms with van der Waals surface area (Å²) in [5.74, 6) is 4.54. The fourth-order valence-electron chi connectivity index (χ4n) is 7.78. The Labute approximate surface area is 272 Å². The van der Waals surface area contributed by atoms with Gasteiger partial charge in [0.25, 0.3) is 0 Å². The molecule has 234 valence electrons. The maximum atomic E-state index is 6.57. The van der Waals surface area contributed by atoms with Crippen LogP contribution in [0, 0.1) is 25.7 Å². The zero-order valence-corrected chi connectivity index (χ0v) is 28.1. The van der Waals surface area contributed by atoms with E-state index in [1.54, 1.807) is 5.57 Å². The molecule has 1 unspecified atom stereocenters.